The van der Waals surface area contributed by atoms with Crippen molar-refractivity contribution in [1.82, 2.24) is 9.55 Å². The van der Waals surface area contributed by atoms with Gasteiger partial charge in [-0.3, -0.25) is 14.2 Å². The molecule has 5 nitrogen and oxygen atoms in total. The van der Waals surface area contributed by atoms with Gasteiger partial charge in [0.1, 0.15) is 0 Å². The van der Waals surface area contributed by atoms with Gasteiger partial charge in [-0.15, -0.1) is 0 Å². The minimum Gasteiger partial charge on any atom is -0.332 e. The Balaban J connectivity index is 2.08. The molecule has 0 aliphatic rings. The Hall–Kier alpha value is -2.73. The summed E-state index contributed by atoms with van der Waals surface area (Å²) >= 11 is 5.24. The quantitative estimate of drug-likeness (QED) is 0.727. The van der Waals surface area contributed by atoms with E-state index in [0.29, 0.717) is 34.3 Å². The molecule has 0 spiro atoms. The molecule has 0 unspecified atom stereocenters. The monoisotopic (exact) mass is 353 g/mol. The second kappa shape index (κ2) is 7.03. The lowest BCUT2D eigenvalue weighted by Gasteiger charge is -2.21. The molecule has 0 aliphatic carbocycles. The molecule has 6 heteroatoms. The van der Waals surface area contributed by atoms with E-state index in [-0.39, 0.29) is 11.5 Å². The summed E-state index contributed by atoms with van der Waals surface area (Å²) in [7, 11) is 0. The number of carbonyl (C=O) groups excluding carboxylic acids is 1. The molecular formula is C19H19N3O2S. The van der Waals surface area contributed by atoms with Crippen LogP contribution in [0.15, 0.2) is 53.3 Å². The van der Waals surface area contributed by atoms with E-state index >= 15 is 0 Å². The van der Waals surface area contributed by atoms with Gasteiger partial charge in [0.25, 0.3) is 11.5 Å². The van der Waals surface area contributed by atoms with Gasteiger partial charge in [0.15, 0.2) is 4.77 Å². The predicted octanol–water partition coefficient (Wildman–Crippen LogP) is 3.75. The molecule has 0 radical (unpaired) electrons. The smallest absolute Gasteiger partial charge is 0.262 e. The number of hydrogen-bond acceptors (Lipinski definition) is 3. The minimum atomic E-state index is -0.143. The number of aromatic amines is 1. The number of rotatable bonds is 4. The molecule has 0 fully saturated rings. The van der Waals surface area contributed by atoms with E-state index in [9.17, 15) is 9.59 Å². The Bertz CT molecular complexity index is 1040. The van der Waals surface area contributed by atoms with Crippen LogP contribution >= 0.6 is 12.2 Å². The van der Waals surface area contributed by atoms with Gasteiger partial charge >= 0.3 is 0 Å². The SMILES string of the molecule is CCN(C(=O)c1ccc2c(=O)n(CC)c(=S)[nH]c2c1)c1ccccc1. The first-order valence-electron chi connectivity index (χ1n) is 8.20. The Morgan fingerprint density at radius 2 is 1.88 bits per heavy atom. The zero-order valence-electron chi connectivity index (χ0n) is 14.2. The zero-order chi connectivity index (χ0) is 18.0. The third-order valence-corrected chi connectivity index (χ3v) is 4.50. The van der Waals surface area contributed by atoms with Gasteiger partial charge in [-0.25, -0.2) is 0 Å². The summed E-state index contributed by atoms with van der Waals surface area (Å²) in [5.74, 6) is -0.116. The van der Waals surface area contributed by atoms with Crippen molar-refractivity contribution in [2.75, 3.05) is 11.4 Å². The molecule has 1 heterocycles. The van der Waals surface area contributed by atoms with Gasteiger partial charge in [0.05, 0.1) is 10.9 Å². The third kappa shape index (κ3) is 3.13. The van der Waals surface area contributed by atoms with Crippen molar-refractivity contribution in [2.24, 2.45) is 0 Å². The van der Waals surface area contributed by atoms with E-state index in [2.05, 4.69) is 4.98 Å². The maximum Gasteiger partial charge on any atom is 0.262 e. The van der Waals surface area contributed by atoms with Gasteiger partial charge in [0.2, 0.25) is 0 Å². The molecule has 128 valence electrons. The van der Waals surface area contributed by atoms with E-state index in [1.807, 2.05) is 44.2 Å². The molecule has 0 bridgehead atoms. The number of H-pyrrole nitrogens is 1. The highest BCUT2D eigenvalue weighted by atomic mass is 32.1. The summed E-state index contributed by atoms with van der Waals surface area (Å²) in [6, 6.07) is 14.6. The molecule has 25 heavy (non-hydrogen) atoms. The lowest BCUT2D eigenvalue weighted by molar-refractivity contribution is 0.0988. The zero-order valence-corrected chi connectivity index (χ0v) is 15.0. The van der Waals surface area contributed by atoms with Crippen LogP contribution in [0, 0.1) is 4.77 Å². The second-order valence-electron chi connectivity index (χ2n) is 5.62. The lowest BCUT2D eigenvalue weighted by atomic mass is 10.1. The highest BCUT2D eigenvalue weighted by Crippen LogP contribution is 2.18. The summed E-state index contributed by atoms with van der Waals surface area (Å²) in [6.07, 6.45) is 0. The number of nitrogens with one attached hydrogen (secondary N) is 1. The summed E-state index contributed by atoms with van der Waals surface area (Å²) < 4.78 is 1.86. The van der Waals surface area contributed by atoms with Gasteiger partial charge in [0, 0.05) is 24.3 Å². The number of benzene rings is 2. The fourth-order valence-electron chi connectivity index (χ4n) is 2.88. The summed E-state index contributed by atoms with van der Waals surface area (Å²) in [6.45, 7) is 4.85. The average molecular weight is 353 g/mol. The number of hydrogen-bond donors (Lipinski definition) is 1. The largest absolute Gasteiger partial charge is 0.332 e. The maximum absolute atomic E-state index is 12.9. The van der Waals surface area contributed by atoms with Gasteiger partial charge in [-0.05, 0) is 56.4 Å². The number of amides is 1. The molecule has 3 aromatic rings. The fourth-order valence-corrected chi connectivity index (χ4v) is 3.20. The fraction of sp³-hybridized carbons (Fsp3) is 0.211. The highest BCUT2D eigenvalue weighted by molar-refractivity contribution is 7.71. The van der Waals surface area contributed by atoms with Crippen molar-refractivity contribution >= 4 is 34.7 Å². The van der Waals surface area contributed by atoms with Crippen LogP contribution in [0.25, 0.3) is 10.9 Å². The van der Waals surface area contributed by atoms with Crippen LogP contribution < -0.4 is 10.5 Å². The molecule has 1 amide bonds. The molecule has 0 saturated carbocycles. The molecule has 0 aliphatic heterocycles. The number of fused-ring (bicyclic) bond motifs is 1. The number of para-hydroxylation sites is 1. The van der Waals surface area contributed by atoms with Crippen LogP contribution in [0.5, 0.6) is 0 Å². The van der Waals surface area contributed by atoms with Crippen molar-refractivity contribution in [1.29, 1.82) is 0 Å². The topological polar surface area (TPSA) is 58.1 Å². The van der Waals surface area contributed by atoms with Crippen molar-refractivity contribution < 1.29 is 4.79 Å². The van der Waals surface area contributed by atoms with Gasteiger partial charge in [-0.1, -0.05) is 18.2 Å². The van der Waals surface area contributed by atoms with E-state index in [1.54, 1.807) is 23.1 Å². The van der Waals surface area contributed by atoms with Crippen LogP contribution in [0.4, 0.5) is 5.69 Å². The first-order chi connectivity index (χ1) is 12.1. The van der Waals surface area contributed by atoms with Crippen molar-refractivity contribution in [3.8, 4) is 0 Å². The minimum absolute atomic E-state index is 0.116. The number of carbonyl (C=O) groups is 1. The van der Waals surface area contributed by atoms with Crippen LogP contribution in [-0.4, -0.2) is 22.0 Å². The third-order valence-electron chi connectivity index (χ3n) is 4.17. The Labute approximate surface area is 150 Å². The molecular weight excluding hydrogens is 334 g/mol. The van der Waals surface area contributed by atoms with Crippen molar-refractivity contribution in [3.05, 3.63) is 69.2 Å². The number of aromatic nitrogens is 2. The molecule has 1 N–H and O–H groups in total. The van der Waals surface area contributed by atoms with E-state index in [0.717, 1.165) is 5.69 Å². The van der Waals surface area contributed by atoms with Crippen molar-refractivity contribution in [3.63, 3.8) is 0 Å². The molecule has 0 atom stereocenters. The second-order valence-corrected chi connectivity index (χ2v) is 6.01. The van der Waals surface area contributed by atoms with Crippen LogP contribution in [0.2, 0.25) is 0 Å². The average Bonchev–Trinajstić information content (AvgIpc) is 2.63. The first-order valence-corrected chi connectivity index (χ1v) is 8.61. The lowest BCUT2D eigenvalue weighted by Crippen LogP contribution is -2.30. The molecule has 2 aromatic carbocycles. The summed E-state index contributed by atoms with van der Waals surface area (Å²) in [5.41, 5.74) is 1.78. The molecule has 0 saturated heterocycles. The Morgan fingerprint density at radius 1 is 1.16 bits per heavy atom. The number of anilines is 1. The van der Waals surface area contributed by atoms with E-state index in [1.165, 1.54) is 4.57 Å². The van der Waals surface area contributed by atoms with E-state index < -0.39 is 0 Å². The Kier molecular flexibility index (Phi) is 4.81. The van der Waals surface area contributed by atoms with Crippen LogP contribution in [0.1, 0.15) is 24.2 Å². The standard InChI is InChI=1S/C19H19N3O2S/c1-3-21(14-8-6-5-7-9-14)17(23)13-10-11-15-16(12-13)20-19(25)22(4-2)18(15)24/h5-12H,3-4H2,1-2H3,(H,20,25). The van der Waals surface area contributed by atoms with Crippen molar-refractivity contribution in [2.45, 2.75) is 20.4 Å². The normalized spacial score (nSPS) is 10.8. The number of nitrogens with zero attached hydrogens (tertiary/aromatic N) is 2. The van der Waals surface area contributed by atoms with Crippen LogP contribution in [-0.2, 0) is 6.54 Å². The molecule has 3 rings (SSSR count). The predicted molar refractivity (Wildman–Crippen MR) is 103 cm³/mol. The van der Waals surface area contributed by atoms with Gasteiger partial charge < -0.3 is 9.88 Å². The maximum atomic E-state index is 12.9. The summed E-state index contributed by atoms with van der Waals surface area (Å²) in [5, 5.41) is 0.523. The Morgan fingerprint density at radius 3 is 2.52 bits per heavy atom. The van der Waals surface area contributed by atoms with Crippen LogP contribution in [0.3, 0.4) is 0 Å². The van der Waals surface area contributed by atoms with Gasteiger partial charge in [-0.2, -0.15) is 0 Å². The highest BCUT2D eigenvalue weighted by Gasteiger charge is 2.17. The summed E-state index contributed by atoms with van der Waals surface area (Å²) in [4.78, 5) is 30.1. The first kappa shape index (κ1) is 17.1. The van der Waals surface area contributed by atoms with E-state index in [4.69, 9.17) is 12.2 Å². The molecule has 1 aromatic heterocycles.